The predicted octanol–water partition coefficient (Wildman–Crippen LogP) is 6.67. The largest absolute Gasteiger partial charge is 0.508 e. The van der Waals surface area contributed by atoms with Crippen molar-refractivity contribution in [2.24, 2.45) is 17.3 Å². The molecule has 0 amide bonds. The Morgan fingerprint density at radius 3 is 2.18 bits per heavy atom. The smallest absolute Gasteiger partial charge is 0.435 e. The Kier molecular flexibility index (Phi) is 8.21. The molecule has 5 atom stereocenters. The summed E-state index contributed by atoms with van der Waals surface area (Å²) in [5.41, 5.74) is -3.84. The van der Waals surface area contributed by atoms with Gasteiger partial charge in [-0.3, -0.25) is 0 Å². The van der Waals surface area contributed by atoms with Crippen LogP contribution in [0.3, 0.4) is 0 Å². The number of hydrogen-bond donors (Lipinski definition) is 2. The third-order valence-corrected chi connectivity index (χ3v) is 9.02. The Morgan fingerprint density at radius 1 is 0.897 bits per heavy atom. The summed E-state index contributed by atoms with van der Waals surface area (Å²) < 4.78 is 126. The Bertz CT molecular complexity index is 974. The highest BCUT2D eigenvalue weighted by atomic mass is 19.4. The van der Waals surface area contributed by atoms with Crippen molar-refractivity contribution in [3.63, 3.8) is 0 Å². The van der Waals surface area contributed by atoms with Crippen molar-refractivity contribution >= 4 is 0 Å². The number of halogens is 9. The maximum absolute atomic E-state index is 12.9. The molecule has 3 aliphatic rings. The number of rotatable bonds is 8. The second-order valence-electron chi connectivity index (χ2n) is 11.1. The van der Waals surface area contributed by atoms with Gasteiger partial charge >= 0.3 is 24.1 Å². The van der Waals surface area contributed by atoms with Gasteiger partial charge in [0.05, 0.1) is 19.3 Å². The summed E-state index contributed by atoms with van der Waals surface area (Å²) in [5.74, 6) is 1.61. The standard InChI is InChI=1S/C26H32F9NO3/c1-22-9-8-18-17-5-3-16(37)14-15(17)2-4-19(18)20(22)6-7-21(22)38-12-10-36-11-13-39-23(24(27,28)29,25(30,31)32)26(33,34)35/h3,5,14,18-21,36-37H,2,4,6-13H2,1H3. The van der Waals surface area contributed by atoms with Gasteiger partial charge in [0.1, 0.15) is 5.75 Å². The van der Waals surface area contributed by atoms with E-state index >= 15 is 0 Å². The average Bonchev–Trinajstić information content (AvgIpc) is 3.14. The molecule has 4 rings (SSSR count). The maximum atomic E-state index is 12.9. The van der Waals surface area contributed by atoms with Gasteiger partial charge in [-0.05, 0) is 85.0 Å². The number of phenols is 1. The van der Waals surface area contributed by atoms with Crippen molar-refractivity contribution in [1.82, 2.24) is 5.32 Å². The van der Waals surface area contributed by atoms with Gasteiger partial charge in [0.25, 0.3) is 0 Å². The molecule has 3 aliphatic carbocycles. The van der Waals surface area contributed by atoms with Gasteiger partial charge in [-0.2, -0.15) is 39.5 Å². The molecule has 1 aromatic rings. The maximum Gasteiger partial charge on any atom is 0.435 e. The second-order valence-corrected chi connectivity index (χ2v) is 11.1. The third kappa shape index (κ3) is 5.35. The highest BCUT2D eigenvalue weighted by molar-refractivity contribution is 5.40. The topological polar surface area (TPSA) is 50.7 Å². The van der Waals surface area contributed by atoms with Gasteiger partial charge in [0.2, 0.25) is 0 Å². The van der Waals surface area contributed by atoms with Crippen LogP contribution in [0.4, 0.5) is 39.5 Å². The minimum Gasteiger partial charge on any atom is -0.508 e. The lowest BCUT2D eigenvalue weighted by Crippen LogP contribution is -2.68. The number of benzene rings is 1. The van der Waals surface area contributed by atoms with Crippen molar-refractivity contribution < 1.29 is 54.1 Å². The molecule has 2 N–H and O–H groups in total. The van der Waals surface area contributed by atoms with Crippen LogP contribution in [0.2, 0.25) is 0 Å². The Hall–Kier alpha value is -1.73. The molecule has 0 saturated heterocycles. The van der Waals surface area contributed by atoms with Crippen LogP contribution < -0.4 is 5.32 Å². The summed E-state index contributed by atoms with van der Waals surface area (Å²) in [4.78, 5) is 0. The normalized spacial score (nSPS) is 29.6. The summed E-state index contributed by atoms with van der Waals surface area (Å²) in [5, 5.41) is 12.3. The van der Waals surface area contributed by atoms with Crippen molar-refractivity contribution in [1.29, 1.82) is 0 Å². The Morgan fingerprint density at radius 2 is 1.54 bits per heavy atom. The van der Waals surface area contributed by atoms with E-state index in [9.17, 15) is 44.6 Å². The van der Waals surface area contributed by atoms with Crippen LogP contribution in [0.5, 0.6) is 5.75 Å². The van der Waals surface area contributed by atoms with Gasteiger partial charge in [-0.15, -0.1) is 0 Å². The zero-order valence-electron chi connectivity index (χ0n) is 21.3. The monoisotopic (exact) mass is 577 g/mol. The van der Waals surface area contributed by atoms with Gasteiger partial charge in [-0.1, -0.05) is 13.0 Å². The van der Waals surface area contributed by atoms with E-state index in [1.807, 2.05) is 12.1 Å². The van der Waals surface area contributed by atoms with E-state index in [-0.39, 0.29) is 30.4 Å². The number of alkyl halides is 9. The lowest BCUT2D eigenvalue weighted by Gasteiger charge is -2.50. The molecular formula is C26H32F9NO3. The Balaban J connectivity index is 1.26. The lowest BCUT2D eigenvalue weighted by molar-refractivity contribution is -0.457. The number of fused-ring (bicyclic) bond motifs is 5. The van der Waals surface area contributed by atoms with Gasteiger partial charge < -0.3 is 19.9 Å². The summed E-state index contributed by atoms with van der Waals surface area (Å²) in [7, 11) is 0. The molecule has 13 heteroatoms. The molecule has 4 nitrogen and oxygen atoms in total. The van der Waals surface area contributed by atoms with Crippen LogP contribution in [0.25, 0.3) is 0 Å². The third-order valence-electron chi connectivity index (χ3n) is 9.02. The van der Waals surface area contributed by atoms with Crippen LogP contribution in [0.15, 0.2) is 18.2 Å². The van der Waals surface area contributed by atoms with Crippen LogP contribution in [0, 0.1) is 17.3 Å². The molecule has 1 aromatic carbocycles. The molecule has 2 fully saturated rings. The quantitative estimate of drug-likeness (QED) is 0.268. The molecule has 222 valence electrons. The molecule has 39 heavy (non-hydrogen) atoms. The number of aryl methyl sites for hydroxylation is 1. The van der Waals surface area contributed by atoms with Crippen LogP contribution in [-0.4, -0.2) is 61.6 Å². The number of aromatic hydroxyl groups is 1. The summed E-state index contributed by atoms with van der Waals surface area (Å²) in [6.45, 7) is 0.220. The molecule has 0 spiro atoms. The summed E-state index contributed by atoms with van der Waals surface area (Å²) >= 11 is 0. The summed E-state index contributed by atoms with van der Waals surface area (Å²) in [6.07, 6.45) is -14.7. The van der Waals surface area contributed by atoms with Gasteiger partial charge in [0, 0.05) is 13.1 Å². The zero-order valence-corrected chi connectivity index (χ0v) is 21.3. The van der Waals surface area contributed by atoms with Crippen molar-refractivity contribution in [2.45, 2.75) is 81.6 Å². The fourth-order valence-electron chi connectivity index (χ4n) is 7.20. The number of ether oxygens (including phenoxy) is 2. The summed E-state index contributed by atoms with van der Waals surface area (Å²) in [6, 6.07) is 5.58. The SMILES string of the molecule is CC12CCC3c4ccc(O)cc4CCC3C1CCC2OCCNCCOC(C(F)(F)F)(C(F)(F)F)C(F)(F)F. The minimum absolute atomic E-state index is 0.0284. The molecule has 0 aromatic heterocycles. The number of nitrogens with one attached hydrogen (secondary N) is 1. The number of phenolic OH excluding ortho intramolecular Hbond substituents is 1. The van der Waals surface area contributed by atoms with E-state index in [1.54, 1.807) is 6.07 Å². The van der Waals surface area contributed by atoms with Gasteiger partial charge in [0.15, 0.2) is 0 Å². The Labute approximate surface area is 220 Å². The van der Waals surface area contributed by atoms with Crippen LogP contribution in [-0.2, 0) is 15.9 Å². The fraction of sp³-hybridized carbons (Fsp3) is 0.769. The van der Waals surface area contributed by atoms with Crippen molar-refractivity contribution in [3.05, 3.63) is 29.3 Å². The molecule has 0 heterocycles. The minimum atomic E-state index is -6.73. The molecule has 2 saturated carbocycles. The first kappa shape index (κ1) is 30.2. The number of hydrogen-bond acceptors (Lipinski definition) is 4. The first-order valence-electron chi connectivity index (χ1n) is 13.0. The first-order chi connectivity index (χ1) is 18.0. The van der Waals surface area contributed by atoms with Crippen molar-refractivity contribution in [2.75, 3.05) is 26.3 Å². The van der Waals surface area contributed by atoms with Crippen LogP contribution >= 0.6 is 0 Å². The van der Waals surface area contributed by atoms with Gasteiger partial charge in [-0.25, -0.2) is 0 Å². The van der Waals surface area contributed by atoms with E-state index in [0.717, 1.165) is 38.5 Å². The first-order valence-corrected chi connectivity index (χ1v) is 13.0. The molecule has 0 radical (unpaired) electrons. The van der Waals surface area contributed by atoms with Crippen LogP contribution in [0.1, 0.15) is 56.1 Å². The van der Waals surface area contributed by atoms with E-state index < -0.39 is 37.3 Å². The second kappa shape index (κ2) is 10.6. The molecule has 5 unspecified atom stereocenters. The molecule has 0 bridgehead atoms. The van der Waals surface area contributed by atoms with E-state index in [4.69, 9.17) is 4.74 Å². The zero-order chi connectivity index (χ0) is 28.9. The van der Waals surface area contributed by atoms with E-state index in [2.05, 4.69) is 17.0 Å². The van der Waals surface area contributed by atoms with E-state index in [1.165, 1.54) is 11.1 Å². The highest BCUT2D eigenvalue weighted by Gasteiger charge is 2.85. The average molecular weight is 578 g/mol. The predicted molar refractivity (Wildman–Crippen MR) is 122 cm³/mol. The molecule has 0 aliphatic heterocycles. The molecular weight excluding hydrogens is 545 g/mol. The van der Waals surface area contributed by atoms with Crippen molar-refractivity contribution in [3.8, 4) is 5.75 Å². The van der Waals surface area contributed by atoms with E-state index in [0.29, 0.717) is 17.8 Å². The highest BCUT2D eigenvalue weighted by Crippen LogP contribution is 2.61. The lowest BCUT2D eigenvalue weighted by atomic mass is 9.55. The fourth-order valence-corrected chi connectivity index (χ4v) is 7.20.